The molecule has 4 aromatic rings. The second-order valence-electron chi connectivity index (χ2n) is 6.95. The van der Waals surface area contributed by atoms with E-state index in [1.807, 2.05) is 38.1 Å². The number of aromatic amines is 1. The van der Waals surface area contributed by atoms with E-state index < -0.39 is 0 Å². The van der Waals surface area contributed by atoms with Gasteiger partial charge in [0.15, 0.2) is 11.5 Å². The second kappa shape index (κ2) is 7.20. The van der Waals surface area contributed by atoms with Crippen molar-refractivity contribution in [2.45, 2.75) is 26.8 Å². The smallest absolute Gasteiger partial charge is 0.162 e. The number of thiophene rings is 1. The second-order valence-corrected chi connectivity index (χ2v) is 8.38. The third-order valence-corrected chi connectivity index (χ3v) is 6.40. The predicted molar refractivity (Wildman–Crippen MR) is 117 cm³/mol. The summed E-state index contributed by atoms with van der Waals surface area (Å²) in [6.45, 7) is 6.06. The number of hydrogen-bond acceptors (Lipinski definition) is 6. The highest BCUT2D eigenvalue weighted by atomic mass is 35.5. The molecule has 1 aromatic carbocycles. The Hall–Kier alpha value is -3.28. The lowest BCUT2D eigenvalue weighted by Gasteiger charge is -2.09. The molecule has 0 aliphatic carbocycles. The summed E-state index contributed by atoms with van der Waals surface area (Å²) >= 11 is 7.73. The van der Waals surface area contributed by atoms with E-state index in [2.05, 4.69) is 48.9 Å². The molecule has 1 N–H and O–H groups in total. The van der Waals surface area contributed by atoms with Crippen LogP contribution in [0.4, 0.5) is 0 Å². The van der Waals surface area contributed by atoms with Crippen LogP contribution in [0.3, 0.4) is 0 Å². The lowest BCUT2D eigenvalue weighted by atomic mass is 9.99. The van der Waals surface area contributed by atoms with E-state index in [1.165, 1.54) is 0 Å². The molecule has 1 aliphatic heterocycles. The molecule has 0 bridgehead atoms. The first-order valence-corrected chi connectivity index (χ1v) is 10.5. The molecule has 0 saturated heterocycles. The number of halogens is 1. The van der Waals surface area contributed by atoms with Crippen LogP contribution in [0, 0.1) is 25.7 Å². The van der Waals surface area contributed by atoms with E-state index in [4.69, 9.17) is 16.6 Å². The standard InChI is InChI=1S/C21H16ClN7S/c1-11-17(9-8-16-10-23-28-26-16)30-21-18(11)19(14-4-6-15(22)7-5-14)24-12(2)20-27-25-13(3)29(20)21/h4-7,10,12H,1-3H3,(H,23,26,28)/t12-/m0/s1. The first-order chi connectivity index (χ1) is 14.5. The summed E-state index contributed by atoms with van der Waals surface area (Å²) in [6.07, 6.45) is 1.67. The van der Waals surface area contributed by atoms with Crippen molar-refractivity contribution in [1.82, 2.24) is 30.2 Å². The number of nitrogens with one attached hydrogen (secondary N) is 1. The van der Waals surface area contributed by atoms with E-state index in [1.54, 1.807) is 17.5 Å². The van der Waals surface area contributed by atoms with Crippen molar-refractivity contribution >= 4 is 28.6 Å². The average molecular weight is 434 g/mol. The van der Waals surface area contributed by atoms with Crippen LogP contribution in [0.25, 0.3) is 5.00 Å². The van der Waals surface area contributed by atoms with Gasteiger partial charge in [-0.1, -0.05) is 28.9 Å². The summed E-state index contributed by atoms with van der Waals surface area (Å²) in [7, 11) is 0. The first kappa shape index (κ1) is 18.7. The maximum atomic E-state index is 6.12. The Bertz CT molecular complexity index is 1330. The van der Waals surface area contributed by atoms with Gasteiger partial charge in [-0.3, -0.25) is 14.7 Å². The monoisotopic (exact) mass is 433 g/mol. The summed E-state index contributed by atoms with van der Waals surface area (Å²) in [4.78, 5) is 5.98. The van der Waals surface area contributed by atoms with Gasteiger partial charge in [0, 0.05) is 16.1 Å². The summed E-state index contributed by atoms with van der Waals surface area (Å²) in [5, 5.41) is 20.7. The summed E-state index contributed by atoms with van der Waals surface area (Å²) < 4.78 is 2.09. The van der Waals surface area contributed by atoms with Gasteiger partial charge in [-0.05, 0) is 50.3 Å². The Morgan fingerprint density at radius 2 is 1.90 bits per heavy atom. The van der Waals surface area contributed by atoms with E-state index in [0.717, 1.165) is 43.9 Å². The predicted octanol–water partition coefficient (Wildman–Crippen LogP) is 4.03. The zero-order valence-electron chi connectivity index (χ0n) is 16.4. The van der Waals surface area contributed by atoms with Crippen molar-refractivity contribution in [2.75, 3.05) is 0 Å². The Balaban J connectivity index is 1.76. The number of aliphatic imine (C=N–C) groups is 1. The minimum atomic E-state index is -0.138. The van der Waals surface area contributed by atoms with Crippen LogP contribution in [0.1, 0.15) is 51.9 Å². The molecule has 4 heterocycles. The third kappa shape index (κ3) is 3.03. The fourth-order valence-electron chi connectivity index (χ4n) is 3.48. The van der Waals surface area contributed by atoms with Crippen molar-refractivity contribution in [3.05, 3.63) is 74.4 Å². The molecule has 7 nitrogen and oxygen atoms in total. The van der Waals surface area contributed by atoms with Crippen LogP contribution in [0.2, 0.25) is 5.02 Å². The normalized spacial score (nSPS) is 14.9. The highest BCUT2D eigenvalue weighted by molar-refractivity contribution is 7.15. The molecule has 0 radical (unpaired) electrons. The Kier molecular flexibility index (Phi) is 4.50. The van der Waals surface area contributed by atoms with Gasteiger partial charge in [-0.25, -0.2) is 0 Å². The van der Waals surface area contributed by atoms with Crippen LogP contribution in [0.15, 0.2) is 35.5 Å². The molecule has 5 rings (SSSR count). The molecule has 0 saturated carbocycles. The van der Waals surface area contributed by atoms with Crippen LogP contribution >= 0.6 is 22.9 Å². The quantitative estimate of drug-likeness (QED) is 0.459. The van der Waals surface area contributed by atoms with Gasteiger partial charge in [-0.2, -0.15) is 0 Å². The number of rotatable bonds is 1. The van der Waals surface area contributed by atoms with Gasteiger partial charge in [0.05, 0.1) is 16.8 Å². The largest absolute Gasteiger partial charge is 0.273 e. The molecule has 0 fully saturated rings. The maximum absolute atomic E-state index is 6.12. The zero-order valence-corrected chi connectivity index (χ0v) is 18.0. The molecule has 0 unspecified atom stereocenters. The molecule has 0 amide bonds. The maximum Gasteiger partial charge on any atom is 0.162 e. The summed E-state index contributed by atoms with van der Waals surface area (Å²) in [5.74, 6) is 7.95. The summed E-state index contributed by atoms with van der Waals surface area (Å²) in [5.41, 5.74) is 4.61. The fourth-order valence-corrected chi connectivity index (χ4v) is 4.83. The summed E-state index contributed by atoms with van der Waals surface area (Å²) in [6, 6.07) is 7.61. The third-order valence-electron chi connectivity index (χ3n) is 4.95. The Labute approximate surface area is 181 Å². The van der Waals surface area contributed by atoms with Crippen molar-refractivity contribution in [2.24, 2.45) is 4.99 Å². The lowest BCUT2D eigenvalue weighted by Crippen LogP contribution is -2.07. The highest BCUT2D eigenvalue weighted by Crippen LogP contribution is 2.38. The molecule has 148 valence electrons. The van der Waals surface area contributed by atoms with E-state index in [-0.39, 0.29) is 6.04 Å². The van der Waals surface area contributed by atoms with Crippen LogP contribution in [-0.2, 0) is 0 Å². The average Bonchev–Trinajstić information content (AvgIpc) is 3.43. The number of aromatic nitrogens is 6. The number of hydrogen-bond donors (Lipinski definition) is 1. The fraction of sp³-hybridized carbons (Fsp3) is 0.190. The topological polar surface area (TPSA) is 84.6 Å². The number of H-pyrrole nitrogens is 1. The van der Waals surface area contributed by atoms with Crippen LogP contribution in [0.5, 0.6) is 0 Å². The Morgan fingerprint density at radius 1 is 1.10 bits per heavy atom. The molecular weight excluding hydrogens is 418 g/mol. The van der Waals surface area contributed by atoms with Crippen molar-refractivity contribution in [1.29, 1.82) is 0 Å². The van der Waals surface area contributed by atoms with Crippen molar-refractivity contribution in [3.63, 3.8) is 0 Å². The zero-order chi connectivity index (χ0) is 20.8. The molecule has 30 heavy (non-hydrogen) atoms. The molecular formula is C21H16ClN7S. The molecule has 9 heteroatoms. The number of fused-ring (bicyclic) bond motifs is 3. The van der Waals surface area contributed by atoms with Gasteiger partial charge in [0.1, 0.15) is 16.9 Å². The van der Waals surface area contributed by atoms with Crippen molar-refractivity contribution < 1.29 is 0 Å². The number of benzene rings is 1. The van der Waals surface area contributed by atoms with Gasteiger partial charge in [-0.15, -0.1) is 26.6 Å². The van der Waals surface area contributed by atoms with Crippen LogP contribution < -0.4 is 0 Å². The van der Waals surface area contributed by atoms with E-state index in [9.17, 15) is 0 Å². The minimum Gasteiger partial charge on any atom is -0.273 e. The van der Waals surface area contributed by atoms with Gasteiger partial charge in [0.25, 0.3) is 0 Å². The number of nitrogens with zero attached hydrogens (tertiary/aromatic N) is 6. The van der Waals surface area contributed by atoms with E-state index >= 15 is 0 Å². The number of aryl methyl sites for hydroxylation is 1. The van der Waals surface area contributed by atoms with E-state index in [0.29, 0.717) is 10.7 Å². The molecule has 0 spiro atoms. The van der Waals surface area contributed by atoms with Gasteiger partial charge >= 0.3 is 0 Å². The molecule has 3 aromatic heterocycles. The lowest BCUT2D eigenvalue weighted by molar-refractivity contribution is 0.724. The van der Waals surface area contributed by atoms with Crippen molar-refractivity contribution in [3.8, 4) is 16.8 Å². The van der Waals surface area contributed by atoms with Crippen LogP contribution in [-0.4, -0.2) is 35.9 Å². The van der Waals surface area contributed by atoms with Gasteiger partial charge in [0.2, 0.25) is 0 Å². The Morgan fingerprint density at radius 3 is 2.63 bits per heavy atom. The molecule has 1 aliphatic rings. The SMILES string of the molecule is Cc1c(C#Cc2c[nH]nn2)sc2c1C(c1ccc(Cl)cc1)=N[C@@H](C)c1nnc(C)n1-2. The first-order valence-electron chi connectivity index (χ1n) is 9.31. The highest BCUT2D eigenvalue weighted by Gasteiger charge is 2.29. The minimum absolute atomic E-state index is 0.138. The van der Waals surface area contributed by atoms with Gasteiger partial charge < -0.3 is 0 Å². The molecule has 1 atom stereocenters.